The molecule has 0 bridgehead atoms. The normalized spacial score (nSPS) is 16.7. The number of hydrogen-bond acceptors (Lipinski definition) is 6. The Morgan fingerprint density at radius 3 is 2.97 bits per heavy atom. The molecule has 4 heterocycles. The Hall–Kier alpha value is -2.90. The number of aromatic nitrogens is 4. The van der Waals surface area contributed by atoms with E-state index >= 15 is 0 Å². The maximum absolute atomic E-state index is 10.7. The fourth-order valence-electron chi connectivity index (χ4n) is 3.81. The lowest BCUT2D eigenvalue weighted by molar-refractivity contribution is 0.222. The van der Waals surface area contributed by atoms with Gasteiger partial charge in [0.1, 0.15) is 17.6 Å². The number of hydrogen-bond donors (Lipinski definition) is 2. The highest BCUT2D eigenvalue weighted by Gasteiger charge is 2.19. The number of rotatable bonds is 3. The number of benzene rings is 1. The van der Waals surface area contributed by atoms with Crippen molar-refractivity contribution < 1.29 is 9.84 Å². The van der Waals surface area contributed by atoms with Gasteiger partial charge in [-0.1, -0.05) is 11.6 Å². The molecule has 1 atom stereocenters. The number of nitrogens with zero attached hydrogens (tertiary/aromatic N) is 4. The standard InChI is InChI=1S/C21H20ClN5O2/c1-11-19-12(10-27(2)26-19)5-16(20(11)28)18-7-17(22)15-6-14(9-24-21(15)25-18)29-13-3-4-23-8-13/h5-7,9-10,13,23,28H,3-4,8H2,1-2H3. The van der Waals surface area contributed by atoms with Gasteiger partial charge >= 0.3 is 0 Å². The van der Waals surface area contributed by atoms with Gasteiger partial charge in [0.15, 0.2) is 5.65 Å². The van der Waals surface area contributed by atoms with Crippen LogP contribution >= 0.6 is 11.6 Å². The molecule has 0 saturated carbocycles. The number of ether oxygens (including phenoxy) is 1. The molecule has 5 rings (SSSR count). The van der Waals surface area contributed by atoms with E-state index in [4.69, 9.17) is 16.3 Å². The van der Waals surface area contributed by atoms with E-state index in [2.05, 4.69) is 20.4 Å². The molecular formula is C21H20ClN5O2. The van der Waals surface area contributed by atoms with Gasteiger partial charge < -0.3 is 15.2 Å². The van der Waals surface area contributed by atoms with Crippen molar-refractivity contribution in [3.8, 4) is 22.8 Å². The molecular weight excluding hydrogens is 390 g/mol. The van der Waals surface area contributed by atoms with Crippen LogP contribution < -0.4 is 10.1 Å². The van der Waals surface area contributed by atoms with Crippen LogP contribution in [0.1, 0.15) is 12.0 Å². The van der Waals surface area contributed by atoms with Crippen molar-refractivity contribution in [2.45, 2.75) is 19.4 Å². The molecule has 1 aliphatic heterocycles. The van der Waals surface area contributed by atoms with Gasteiger partial charge in [-0.15, -0.1) is 0 Å². The Labute approximate surface area is 172 Å². The van der Waals surface area contributed by atoms with Crippen molar-refractivity contribution in [1.29, 1.82) is 0 Å². The number of aryl methyl sites for hydroxylation is 2. The fraction of sp³-hybridized carbons (Fsp3) is 0.286. The van der Waals surface area contributed by atoms with E-state index in [0.717, 1.165) is 35.8 Å². The van der Waals surface area contributed by atoms with Gasteiger partial charge in [-0.3, -0.25) is 4.68 Å². The molecule has 1 aliphatic rings. The number of aromatic hydroxyl groups is 1. The van der Waals surface area contributed by atoms with Crippen LogP contribution in [0.5, 0.6) is 11.5 Å². The minimum absolute atomic E-state index is 0.145. The van der Waals surface area contributed by atoms with Gasteiger partial charge in [0.2, 0.25) is 0 Å². The van der Waals surface area contributed by atoms with E-state index in [-0.39, 0.29) is 11.9 Å². The van der Waals surface area contributed by atoms with Gasteiger partial charge in [0.05, 0.1) is 22.4 Å². The lowest BCUT2D eigenvalue weighted by Gasteiger charge is -2.13. The number of halogens is 1. The van der Waals surface area contributed by atoms with Crippen molar-refractivity contribution in [2.75, 3.05) is 13.1 Å². The minimum Gasteiger partial charge on any atom is -0.507 e. The maximum atomic E-state index is 10.7. The molecule has 1 unspecified atom stereocenters. The molecule has 3 aromatic heterocycles. The van der Waals surface area contributed by atoms with Crippen LogP contribution in [-0.4, -0.2) is 44.0 Å². The summed E-state index contributed by atoms with van der Waals surface area (Å²) in [5, 5.41) is 20.6. The lowest BCUT2D eigenvalue weighted by atomic mass is 10.0. The molecule has 4 aromatic rings. The minimum atomic E-state index is 0.145. The summed E-state index contributed by atoms with van der Waals surface area (Å²) in [5.74, 6) is 0.825. The molecule has 1 fully saturated rings. The van der Waals surface area contributed by atoms with Gasteiger partial charge in [-0.05, 0) is 38.1 Å². The van der Waals surface area contributed by atoms with Crippen molar-refractivity contribution in [3.05, 3.63) is 41.2 Å². The molecule has 2 N–H and O–H groups in total. The Balaban J connectivity index is 1.59. The average Bonchev–Trinajstić information content (AvgIpc) is 3.34. The lowest BCUT2D eigenvalue weighted by Crippen LogP contribution is -2.19. The number of pyridine rings is 2. The molecule has 148 valence electrons. The second-order valence-electron chi connectivity index (χ2n) is 7.40. The summed E-state index contributed by atoms with van der Waals surface area (Å²) in [5.41, 5.74) is 3.15. The van der Waals surface area contributed by atoms with Gasteiger partial charge in [-0.25, -0.2) is 9.97 Å². The van der Waals surface area contributed by atoms with Crippen LogP contribution in [0.4, 0.5) is 0 Å². The second kappa shape index (κ2) is 6.86. The van der Waals surface area contributed by atoms with Crippen molar-refractivity contribution in [2.24, 2.45) is 7.05 Å². The number of nitrogens with one attached hydrogen (secondary N) is 1. The van der Waals surface area contributed by atoms with E-state index in [9.17, 15) is 5.11 Å². The summed E-state index contributed by atoms with van der Waals surface area (Å²) in [6, 6.07) is 5.50. The average molecular weight is 410 g/mol. The van der Waals surface area contributed by atoms with Crippen LogP contribution in [-0.2, 0) is 7.05 Å². The monoisotopic (exact) mass is 409 g/mol. The number of fused-ring (bicyclic) bond motifs is 2. The first-order chi connectivity index (χ1) is 14.0. The molecule has 0 aliphatic carbocycles. The molecule has 8 heteroatoms. The Kier molecular flexibility index (Phi) is 4.29. The maximum Gasteiger partial charge on any atom is 0.161 e. The van der Waals surface area contributed by atoms with Crippen LogP contribution in [0, 0.1) is 6.92 Å². The Morgan fingerprint density at radius 1 is 1.31 bits per heavy atom. The number of phenolic OH excluding ortho intramolecular Hbond substituents is 1. The van der Waals surface area contributed by atoms with E-state index in [1.165, 1.54) is 0 Å². The highest BCUT2D eigenvalue weighted by molar-refractivity contribution is 6.35. The third-order valence-electron chi connectivity index (χ3n) is 5.30. The second-order valence-corrected chi connectivity index (χ2v) is 7.81. The summed E-state index contributed by atoms with van der Waals surface area (Å²) in [7, 11) is 1.85. The zero-order valence-corrected chi connectivity index (χ0v) is 16.9. The Bertz CT molecular complexity index is 1250. The zero-order valence-electron chi connectivity index (χ0n) is 16.1. The van der Waals surface area contributed by atoms with Gasteiger partial charge in [0, 0.05) is 41.7 Å². The summed E-state index contributed by atoms with van der Waals surface area (Å²) in [4.78, 5) is 9.09. The SMILES string of the molecule is Cc1c(O)c(-c2cc(Cl)c3cc(OC4CCNC4)cnc3n2)cc2cn(C)nc12. The van der Waals surface area contributed by atoms with Crippen LogP contribution in [0.25, 0.3) is 33.2 Å². The third kappa shape index (κ3) is 3.16. The Morgan fingerprint density at radius 2 is 2.17 bits per heavy atom. The summed E-state index contributed by atoms with van der Waals surface area (Å²) in [6.45, 7) is 3.64. The van der Waals surface area contributed by atoms with E-state index < -0.39 is 0 Å². The summed E-state index contributed by atoms with van der Waals surface area (Å²) >= 11 is 6.57. The predicted octanol–water partition coefficient (Wildman–Crippen LogP) is 3.59. The van der Waals surface area contributed by atoms with Crippen LogP contribution in [0.3, 0.4) is 0 Å². The third-order valence-corrected chi connectivity index (χ3v) is 5.62. The predicted molar refractivity (Wildman–Crippen MR) is 113 cm³/mol. The fourth-order valence-corrected chi connectivity index (χ4v) is 4.05. The largest absolute Gasteiger partial charge is 0.507 e. The molecule has 7 nitrogen and oxygen atoms in total. The van der Waals surface area contributed by atoms with E-state index in [1.807, 2.05) is 32.3 Å². The molecule has 0 radical (unpaired) electrons. The first-order valence-corrected chi connectivity index (χ1v) is 9.87. The van der Waals surface area contributed by atoms with E-state index in [0.29, 0.717) is 33.2 Å². The zero-order chi connectivity index (χ0) is 20.1. The summed E-state index contributed by atoms with van der Waals surface area (Å²) in [6.07, 6.45) is 4.70. The molecule has 0 spiro atoms. The van der Waals surface area contributed by atoms with Crippen LogP contribution in [0.15, 0.2) is 30.6 Å². The van der Waals surface area contributed by atoms with E-state index in [1.54, 1.807) is 16.9 Å². The topological polar surface area (TPSA) is 85.1 Å². The molecule has 29 heavy (non-hydrogen) atoms. The van der Waals surface area contributed by atoms with Crippen molar-refractivity contribution in [1.82, 2.24) is 25.1 Å². The van der Waals surface area contributed by atoms with Gasteiger partial charge in [0.25, 0.3) is 0 Å². The summed E-state index contributed by atoms with van der Waals surface area (Å²) < 4.78 is 7.70. The highest BCUT2D eigenvalue weighted by Crippen LogP contribution is 2.38. The van der Waals surface area contributed by atoms with Crippen LogP contribution in [0.2, 0.25) is 5.02 Å². The quantitative estimate of drug-likeness (QED) is 0.538. The first-order valence-electron chi connectivity index (χ1n) is 9.49. The first kappa shape index (κ1) is 18.1. The van der Waals surface area contributed by atoms with Gasteiger partial charge in [-0.2, -0.15) is 5.10 Å². The molecule has 1 saturated heterocycles. The highest BCUT2D eigenvalue weighted by atomic mass is 35.5. The van der Waals surface area contributed by atoms with Crippen molar-refractivity contribution in [3.63, 3.8) is 0 Å². The molecule has 1 aromatic carbocycles. The van der Waals surface area contributed by atoms with Crippen molar-refractivity contribution >= 4 is 33.5 Å². The molecule has 0 amide bonds. The number of phenols is 1. The smallest absolute Gasteiger partial charge is 0.161 e.